The molecule has 0 radical (unpaired) electrons. The highest BCUT2D eigenvalue weighted by molar-refractivity contribution is 5.98. The molecule has 0 aliphatic carbocycles. The molecule has 1 aromatic heterocycles. The summed E-state index contributed by atoms with van der Waals surface area (Å²) in [7, 11) is 1.12. The molecule has 1 fully saturated rings. The third kappa shape index (κ3) is 5.96. The van der Waals surface area contributed by atoms with Gasteiger partial charge in [0, 0.05) is 12.0 Å². The van der Waals surface area contributed by atoms with Gasteiger partial charge >= 0.3 is 12.1 Å². The minimum Gasteiger partial charge on any atom is -0.464 e. The lowest BCUT2D eigenvalue weighted by Crippen LogP contribution is -2.43. The number of hydrogen-bond acceptors (Lipinski definition) is 7. The number of hydrogen-bond donors (Lipinski definition) is 1. The second kappa shape index (κ2) is 11.4. The van der Waals surface area contributed by atoms with Crippen molar-refractivity contribution < 1.29 is 46.9 Å². The molecule has 1 N–H and O–H groups in total. The summed E-state index contributed by atoms with van der Waals surface area (Å²) in [5, 5.41) is 10.2. The van der Waals surface area contributed by atoms with E-state index in [1.54, 1.807) is 30.3 Å². The molecule has 2 aromatic carbocycles. The zero-order valence-electron chi connectivity index (χ0n) is 21.1. The Bertz CT molecular complexity index is 1330. The lowest BCUT2D eigenvalue weighted by molar-refractivity contribution is -0.219. The van der Waals surface area contributed by atoms with E-state index in [0.29, 0.717) is 12.2 Å². The van der Waals surface area contributed by atoms with Crippen LogP contribution in [0.2, 0.25) is 0 Å². The van der Waals surface area contributed by atoms with Crippen molar-refractivity contribution in [3.8, 4) is 11.1 Å². The number of methoxy groups -OCH3 is 1. The highest BCUT2D eigenvalue weighted by Crippen LogP contribution is 2.39. The maximum atomic E-state index is 14.2. The number of halogens is 3. The van der Waals surface area contributed by atoms with Gasteiger partial charge in [-0.05, 0) is 54.7 Å². The molecule has 0 saturated carbocycles. The van der Waals surface area contributed by atoms with Gasteiger partial charge in [-0.25, -0.2) is 4.79 Å². The molecule has 4 atom stereocenters. The first kappa shape index (κ1) is 27.2. The monoisotopic (exact) mass is 547 g/mol. The van der Waals surface area contributed by atoms with Crippen LogP contribution < -0.4 is 4.84 Å². The Balaban J connectivity index is 1.50. The Hall–Kier alpha value is -3.38. The summed E-state index contributed by atoms with van der Waals surface area (Å²) in [6.45, 7) is 0.592. The number of ether oxygens (including phenoxy) is 4. The van der Waals surface area contributed by atoms with Gasteiger partial charge in [-0.1, -0.05) is 36.4 Å². The van der Waals surface area contributed by atoms with Crippen molar-refractivity contribution in [3.05, 3.63) is 71.9 Å². The Morgan fingerprint density at radius 1 is 1.10 bits per heavy atom. The molecule has 3 heterocycles. The number of aliphatic hydroxyl groups excluding tert-OH is 1. The van der Waals surface area contributed by atoms with Gasteiger partial charge in [-0.3, -0.25) is 0 Å². The van der Waals surface area contributed by atoms with Crippen molar-refractivity contribution in [2.75, 3.05) is 20.3 Å². The molecule has 0 amide bonds. The highest BCUT2D eigenvalue weighted by atomic mass is 19.4. The zero-order chi connectivity index (χ0) is 27.6. The number of alkyl halides is 3. The number of benzene rings is 2. The van der Waals surface area contributed by atoms with Crippen molar-refractivity contribution in [3.63, 3.8) is 0 Å². The Kier molecular flexibility index (Phi) is 7.94. The molecule has 5 rings (SSSR count). The molecule has 1 saturated heterocycles. The summed E-state index contributed by atoms with van der Waals surface area (Å²) in [4.78, 5) is 18.6. The summed E-state index contributed by atoms with van der Waals surface area (Å²) in [6, 6.07) is 12.2. The summed E-state index contributed by atoms with van der Waals surface area (Å²) < 4.78 is 65.5. The fraction of sp³-hybridized carbons (Fsp3) is 0.393. The van der Waals surface area contributed by atoms with Gasteiger partial charge in [0.1, 0.15) is 12.2 Å². The molecule has 8 nitrogen and oxygen atoms in total. The lowest BCUT2D eigenvalue weighted by Gasteiger charge is -2.31. The zero-order valence-corrected chi connectivity index (χ0v) is 21.1. The summed E-state index contributed by atoms with van der Waals surface area (Å²) >= 11 is 0. The van der Waals surface area contributed by atoms with Crippen LogP contribution >= 0.6 is 0 Å². The lowest BCUT2D eigenvalue weighted by atomic mass is 10.00. The second-order valence-corrected chi connectivity index (χ2v) is 9.29. The van der Waals surface area contributed by atoms with Crippen molar-refractivity contribution in [1.29, 1.82) is 0 Å². The van der Waals surface area contributed by atoms with Crippen molar-refractivity contribution >= 4 is 16.9 Å². The number of carbonyl (C=O) groups is 1. The third-order valence-corrected chi connectivity index (χ3v) is 6.63. The molecule has 2 aliphatic heterocycles. The van der Waals surface area contributed by atoms with Crippen molar-refractivity contribution in [1.82, 2.24) is 4.73 Å². The van der Waals surface area contributed by atoms with Gasteiger partial charge in [0.15, 0.2) is 12.0 Å². The first-order valence-corrected chi connectivity index (χ1v) is 12.6. The van der Waals surface area contributed by atoms with Crippen LogP contribution in [0.3, 0.4) is 0 Å². The summed E-state index contributed by atoms with van der Waals surface area (Å²) in [6.07, 6.45) is -2.60. The predicted octanol–water partition coefficient (Wildman–Crippen LogP) is 4.73. The second-order valence-electron chi connectivity index (χ2n) is 9.29. The van der Waals surface area contributed by atoms with E-state index >= 15 is 0 Å². The Labute approximate surface area is 222 Å². The van der Waals surface area contributed by atoms with E-state index in [1.165, 1.54) is 18.2 Å². The fourth-order valence-corrected chi connectivity index (χ4v) is 4.65. The van der Waals surface area contributed by atoms with Crippen molar-refractivity contribution in [2.45, 2.75) is 50.2 Å². The van der Waals surface area contributed by atoms with Crippen LogP contribution in [0.15, 0.2) is 60.7 Å². The van der Waals surface area contributed by atoms with Crippen LogP contribution in [0.1, 0.15) is 35.3 Å². The number of esters is 1. The van der Waals surface area contributed by atoms with Crippen LogP contribution in [-0.2, 0) is 25.1 Å². The molecule has 0 bridgehead atoms. The van der Waals surface area contributed by atoms with Crippen LogP contribution in [0.25, 0.3) is 22.0 Å². The first-order valence-electron chi connectivity index (χ1n) is 12.6. The number of carbonyl (C=O) groups excluding carboxylic acids is 1. The Morgan fingerprint density at radius 3 is 2.59 bits per heavy atom. The number of aromatic nitrogens is 1. The maximum Gasteiger partial charge on any atom is 0.417 e. The van der Waals surface area contributed by atoms with Crippen LogP contribution in [-0.4, -0.2) is 60.9 Å². The average molecular weight is 548 g/mol. The normalized spacial score (nSPS) is 23.6. The smallest absolute Gasteiger partial charge is 0.417 e. The minimum atomic E-state index is -4.71. The van der Waals surface area contributed by atoms with E-state index < -0.39 is 42.5 Å². The molecule has 0 spiro atoms. The van der Waals surface area contributed by atoms with E-state index in [-0.39, 0.29) is 28.8 Å². The minimum absolute atomic E-state index is 0.00267. The van der Waals surface area contributed by atoms with Crippen molar-refractivity contribution in [2.24, 2.45) is 0 Å². The molecular weight excluding hydrogens is 519 g/mol. The van der Waals surface area contributed by atoms with E-state index in [2.05, 4.69) is 0 Å². The Morgan fingerprint density at radius 2 is 1.90 bits per heavy atom. The molecule has 39 heavy (non-hydrogen) atoms. The molecule has 208 valence electrons. The molecule has 11 heteroatoms. The van der Waals surface area contributed by atoms with E-state index in [1.807, 2.05) is 0 Å². The standard InChI is InChI=1S/C28H28F3NO7/c1-35-27(34)22-15-19-20(28(29,30)31)13-18(17-7-3-2-4-8-17)14-21(19)32(22)39-26-11-10-23(33)24(38-26)16-37-25-9-5-6-12-36-25/h2-4,7-8,10-11,13-15,23-26,33H,5-6,9,12,16H2,1H3/t23-,24+,25?,26+/m0/s1. The predicted molar refractivity (Wildman–Crippen MR) is 134 cm³/mol. The van der Waals surface area contributed by atoms with Gasteiger partial charge in [0.2, 0.25) is 6.29 Å². The number of nitrogens with zero attached hydrogens (tertiary/aromatic N) is 1. The number of rotatable bonds is 7. The van der Waals surface area contributed by atoms with E-state index in [0.717, 1.165) is 43.2 Å². The largest absolute Gasteiger partial charge is 0.464 e. The quantitative estimate of drug-likeness (QED) is 0.338. The first-order chi connectivity index (χ1) is 18.7. The van der Waals surface area contributed by atoms with Gasteiger partial charge in [-0.15, -0.1) is 0 Å². The van der Waals surface area contributed by atoms with Gasteiger partial charge in [0.05, 0.1) is 24.8 Å². The van der Waals surface area contributed by atoms with E-state index in [9.17, 15) is 23.1 Å². The van der Waals surface area contributed by atoms with Gasteiger partial charge in [-0.2, -0.15) is 17.9 Å². The topological polar surface area (TPSA) is 88.4 Å². The molecule has 1 unspecified atom stereocenters. The third-order valence-electron chi connectivity index (χ3n) is 6.63. The summed E-state index contributed by atoms with van der Waals surface area (Å²) in [5.41, 5.74) is -0.355. The highest BCUT2D eigenvalue weighted by Gasteiger charge is 2.36. The fourth-order valence-electron chi connectivity index (χ4n) is 4.65. The van der Waals surface area contributed by atoms with Crippen LogP contribution in [0.4, 0.5) is 13.2 Å². The average Bonchev–Trinajstić information content (AvgIpc) is 3.30. The van der Waals surface area contributed by atoms with E-state index in [4.69, 9.17) is 23.8 Å². The maximum absolute atomic E-state index is 14.2. The van der Waals surface area contributed by atoms with Gasteiger partial charge < -0.3 is 28.9 Å². The van der Waals surface area contributed by atoms with Crippen LogP contribution in [0.5, 0.6) is 0 Å². The van der Waals surface area contributed by atoms with Crippen LogP contribution in [0, 0.1) is 0 Å². The number of fused-ring (bicyclic) bond motifs is 1. The SMILES string of the molecule is COC(=O)c1cc2c(C(F)(F)F)cc(-c3ccccc3)cc2n1O[C@@H]1C=C[C@H](O)[C@@H](COC2CCCCO2)O1. The van der Waals surface area contributed by atoms with Gasteiger partial charge in [0.25, 0.3) is 0 Å². The molecular formula is C28H28F3NO7. The molecule has 2 aliphatic rings. The number of aliphatic hydroxyl groups is 1. The molecule has 3 aromatic rings. The summed E-state index contributed by atoms with van der Waals surface area (Å²) in [5.74, 6) is -0.894.